The molecule has 0 fully saturated rings. The highest BCUT2D eigenvalue weighted by Crippen LogP contribution is 2.29. The van der Waals surface area contributed by atoms with Crippen molar-refractivity contribution >= 4 is 51.8 Å². The maximum absolute atomic E-state index is 12.4. The molecule has 3 rings (SSSR count). The summed E-state index contributed by atoms with van der Waals surface area (Å²) < 4.78 is 7.57. The number of unbranched alkanes of at least 4 members (excludes halogenated alkanes) is 1. The monoisotopic (exact) mass is 507 g/mol. The number of carbonyl (C=O) groups is 1. The second kappa shape index (κ2) is 12.2. The highest BCUT2D eigenvalue weighted by atomic mass is 35.5. The van der Waals surface area contributed by atoms with E-state index in [2.05, 4.69) is 41.9 Å². The van der Waals surface area contributed by atoms with Gasteiger partial charge in [-0.3, -0.25) is 15.5 Å². The van der Waals surface area contributed by atoms with Crippen LogP contribution in [0.2, 0.25) is 10.3 Å². The fraction of sp³-hybridized carbons (Fsp3) is 0.478. The van der Waals surface area contributed by atoms with E-state index in [1.54, 1.807) is 0 Å². The lowest BCUT2D eigenvalue weighted by Crippen LogP contribution is -2.34. The van der Waals surface area contributed by atoms with Gasteiger partial charge >= 0.3 is 6.03 Å². The second-order valence-corrected chi connectivity index (χ2v) is 9.07. The molecule has 2 amide bonds. The number of fused-ring (bicyclic) bond motifs is 1. The molecular weight excluding hydrogens is 477 g/mol. The summed E-state index contributed by atoms with van der Waals surface area (Å²) in [6.45, 7) is 7.86. The van der Waals surface area contributed by atoms with Crippen molar-refractivity contribution in [1.29, 1.82) is 0 Å². The van der Waals surface area contributed by atoms with Crippen LogP contribution in [0.3, 0.4) is 0 Å². The molecule has 0 radical (unpaired) electrons. The molecule has 0 aliphatic rings. The third-order valence-corrected chi connectivity index (χ3v) is 5.57. The van der Waals surface area contributed by atoms with Crippen LogP contribution in [-0.2, 0) is 18.2 Å². The van der Waals surface area contributed by atoms with Crippen LogP contribution >= 0.6 is 23.2 Å². The number of aryl methyl sites for hydroxylation is 2. The van der Waals surface area contributed by atoms with Gasteiger partial charge in [-0.05, 0) is 48.9 Å². The van der Waals surface area contributed by atoms with Crippen LogP contribution in [-0.4, -0.2) is 39.0 Å². The third-order valence-electron chi connectivity index (χ3n) is 5.18. The predicted octanol–water partition coefficient (Wildman–Crippen LogP) is 5.69. The molecule has 0 saturated carbocycles. The van der Waals surface area contributed by atoms with Crippen LogP contribution in [0.25, 0.3) is 11.0 Å². The molecule has 0 bridgehead atoms. The molecule has 34 heavy (non-hydrogen) atoms. The molecule has 3 heterocycles. The summed E-state index contributed by atoms with van der Waals surface area (Å²) in [5, 5.41) is 7.74. The van der Waals surface area contributed by atoms with Gasteiger partial charge in [0.2, 0.25) is 0 Å². The molecule has 0 spiro atoms. The molecule has 0 atom stereocenters. The van der Waals surface area contributed by atoms with Crippen LogP contribution in [0, 0.1) is 0 Å². The summed E-state index contributed by atoms with van der Waals surface area (Å²) in [4.78, 5) is 21.0. The Morgan fingerprint density at radius 3 is 2.50 bits per heavy atom. The van der Waals surface area contributed by atoms with Gasteiger partial charge in [-0.1, -0.05) is 50.4 Å². The smallest absolute Gasteiger partial charge is 0.337 e. The lowest BCUT2D eigenvalue weighted by Gasteiger charge is -2.14. The number of amides is 2. The lowest BCUT2D eigenvalue weighted by atomic mass is 10.0. The van der Waals surface area contributed by atoms with Gasteiger partial charge in [-0.2, -0.15) is 5.10 Å². The van der Waals surface area contributed by atoms with E-state index >= 15 is 0 Å². The number of anilines is 2. The number of hydrogen-bond donors (Lipinski definition) is 3. The number of hydrogen-bond acceptors (Lipinski definition) is 6. The average molecular weight is 508 g/mol. The van der Waals surface area contributed by atoms with Crippen molar-refractivity contribution in [3.63, 3.8) is 0 Å². The number of pyridine rings is 2. The van der Waals surface area contributed by atoms with Gasteiger partial charge in [0.05, 0.1) is 11.2 Å². The topological polar surface area (TPSA) is 106 Å². The van der Waals surface area contributed by atoms with Gasteiger partial charge in [0, 0.05) is 25.9 Å². The Hall–Kier alpha value is -2.62. The molecule has 11 heteroatoms. The Morgan fingerprint density at radius 1 is 1.12 bits per heavy atom. The molecule has 3 N–H and O–H groups in total. The number of aromatic nitrogens is 4. The van der Waals surface area contributed by atoms with Crippen molar-refractivity contribution in [3.05, 3.63) is 39.8 Å². The zero-order chi connectivity index (χ0) is 24.7. The van der Waals surface area contributed by atoms with Crippen LogP contribution in [0.15, 0.2) is 18.2 Å². The Labute approximate surface area is 209 Å². The summed E-state index contributed by atoms with van der Waals surface area (Å²) in [5.74, 6) is 0.757. The first-order valence-electron chi connectivity index (χ1n) is 11.4. The van der Waals surface area contributed by atoms with E-state index in [0.29, 0.717) is 18.1 Å². The SMILES string of the molecule is CCCCOCCCc1nn(C)c2c(C(C)C)cc(NNC(=O)Nc3cc(Cl)nc(Cl)c3)nc12. The van der Waals surface area contributed by atoms with Crippen molar-refractivity contribution in [1.82, 2.24) is 25.2 Å². The largest absolute Gasteiger partial charge is 0.381 e. The van der Waals surface area contributed by atoms with Gasteiger partial charge in [0.15, 0.2) is 0 Å². The molecule has 9 nitrogen and oxygen atoms in total. The molecular formula is C23H31Cl2N7O2. The van der Waals surface area contributed by atoms with Crippen LogP contribution in [0.5, 0.6) is 0 Å². The first-order valence-corrected chi connectivity index (χ1v) is 12.1. The minimum absolute atomic E-state index is 0.185. The summed E-state index contributed by atoms with van der Waals surface area (Å²) in [5.41, 5.74) is 9.72. The lowest BCUT2D eigenvalue weighted by molar-refractivity contribution is 0.129. The number of rotatable bonds is 11. The molecule has 3 aromatic heterocycles. The first-order chi connectivity index (χ1) is 16.3. The predicted molar refractivity (Wildman–Crippen MR) is 137 cm³/mol. The van der Waals surface area contributed by atoms with Crippen molar-refractivity contribution in [2.75, 3.05) is 24.0 Å². The van der Waals surface area contributed by atoms with Gasteiger partial charge in [-0.15, -0.1) is 0 Å². The van der Waals surface area contributed by atoms with Gasteiger partial charge in [0.1, 0.15) is 21.6 Å². The van der Waals surface area contributed by atoms with Crippen molar-refractivity contribution in [3.8, 4) is 0 Å². The quantitative estimate of drug-likeness (QED) is 0.175. The maximum Gasteiger partial charge on any atom is 0.337 e. The first kappa shape index (κ1) is 26.0. The minimum atomic E-state index is -0.498. The zero-order valence-corrected chi connectivity index (χ0v) is 21.4. The molecule has 3 aromatic rings. The molecule has 0 aromatic carbocycles. The molecule has 184 valence electrons. The summed E-state index contributed by atoms with van der Waals surface area (Å²) in [6.07, 6.45) is 3.82. The van der Waals surface area contributed by atoms with E-state index in [1.165, 1.54) is 12.1 Å². The van der Waals surface area contributed by atoms with E-state index in [4.69, 9.17) is 38.0 Å². The van der Waals surface area contributed by atoms with E-state index in [9.17, 15) is 4.79 Å². The number of nitrogens with one attached hydrogen (secondary N) is 3. The van der Waals surface area contributed by atoms with Crippen LogP contribution < -0.4 is 16.2 Å². The number of ether oxygens (including phenoxy) is 1. The van der Waals surface area contributed by atoms with E-state index in [-0.39, 0.29) is 16.2 Å². The maximum atomic E-state index is 12.4. The minimum Gasteiger partial charge on any atom is -0.381 e. The Bertz CT molecular complexity index is 1110. The van der Waals surface area contributed by atoms with Gasteiger partial charge in [-0.25, -0.2) is 14.8 Å². The van der Waals surface area contributed by atoms with Gasteiger partial charge in [0.25, 0.3) is 0 Å². The third kappa shape index (κ3) is 6.94. The fourth-order valence-electron chi connectivity index (χ4n) is 3.56. The highest BCUT2D eigenvalue weighted by molar-refractivity contribution is 6.33. The van der Waals surface area contributed by atoms with E-state index < -0.39 is 6.03 Å². The van der Waals surface area contributed by atoms with Crippen molar-refractivity contribution < 1.29 is 9.53 Å². The summed E-state index contributed by atoms with van der Waals surface area (Å²) in [6, 6.07) is 4.43. The summed E-state index contributed by atoms with van der Waals surface area (Å²) in [7, 11) is 1.93. The summed E-state index contributed by atoms with van der Waals surface area (Å²) >= 11 is 11.8. The Kier molecular flexibility index (Phi) is 9.32. The number of nitrogens with zero attached hydrogens (tertiary/aromatic N) is 4. The number of carbonyl (C=O) groups excluding carboxylic acids is 1. The Morgan fingerprint density at radius 2 is 1.82 bits per heavy atom. The standard InChI is InChI=1S/C23H31Cl2N7O2/c1-5-6-9-34-10-7-8-17-21-22(32(4)31-17)16(14(2)3)13-20(28-21)29-30-23(33)26-15-11-18(24)27-19(25)12-15/h11-14H,5-10H2,1-4H3,(H,28,29)(H2,26,27,30,33). The molecule has 0 aliphatic carbocycles. The number of urea groups is 1. The average Bonchev–Trinajstić information content (AvgIpc) is 3.08. The highest BCUT2D eigenvalue weighted by Gasteiger charge is 2.18. The molecule has 0 aliphatic heterocycles. The number of halogens is 2. The van der Waals surface area contributed by atoms with Crippen LogP contribution in [0.4, 0.5) is 16.3 Å². The number of hydrazine groups is 1. The van der Waals surface area contributed by atoms with Gasteiger partial charge < -0.3 is 10.1 Å². The van der Waals surface area contributed by atoms with Crippen molar-refractivity contribution in [2.24, 2.45) is 7.05 Å². The Balaban J connectivity index is 1.73. The van der Waals surface area contributed by atoms with E-state index in [1.807, 2.05) is 17.8 Å². The fourth-order valence-corrected chi connectivity index (χ4v) is 4.02. The zero-order valence-electron chi connectivity index (χ0n) is 19.9. The molecule has 0 saturated heterocycles. The van der Waals surface area contributed by atoms with E-state index in [0.717, 1.165) is 54.6 Å². The van der Waals surface area contributed by atoms with Crippen LogP contribution in [0.1, 0.15) is 57.2 Å². The normalized spacial score (nSPS) is 11.3. The molecule has 0 unspecified atom stereocenters. The van der Waals surface area contributed by atoms with Crippen molar-refractivity contribution in [2.45, 2.75) is 52.4 Å². The second-order valence-electron chi connectivity index (χ2n) is 8.29.